The smallest absolute Gasteiger partial charge is 0.265 e. The fraction of sp³-hybridized carbons (Fsp3) is 0.400. The highest BCUT2D eigenvalue weighted by atomic mass is 32.1. The van der Waals surface area contributed by atoms with Crippen molar-refractivity contribution in [3.05, 3.63) is 6.20 Å². The molecule has 0 N–H and O–H groups in total. The molecule has 0 radical (unpaired) electrons. The lowest BCUT2D eigenvalue weighted by Gasteiger charge is -2.11. The maximum absolute atomic E-state index is 5.11. The van der Waals surface area contributed by atoms with E-state index in [1.54, 1.807) is 4.90 Å². The third-order valence-corrected chi connectivity index (χ3v) is 1.81. The molecule has 0 saturated heterocycles. The summed E-state index contributed by atoms with van der Waals surface area (Å²) in [5.74, 6) is 0.453. The van der Waals surface area contributed by atoms with E-state index in [0.29, 0.717) is 11.1 Å². The predicted octanol–water partition coefficient (Wildman–Crippen LogP) is 0.763. The van der Waals surface area contributed by atoms with Crippen LogP contribution in [0.2, 0.25) is 0 Å². The molecular weight excluding hydrogens is 182 g/mol. The molecule has 4 nitrogen and oxygen atoms in total. The molecule has 0 aliphatic rings. The van der Waals surface area contributed by atoms with Crippen LogP contribution in [0.5, 0.6) is 5.88 Å². The predicted molar refractivity (Wildman–Crippen MR) is 46.8 cm³/mol. The van der Waals surface area contributed by atoms with Gasteiger partial charge in [0.15, 0.2) is 0 Å². The Morgan fingerprint density at radius 2 is 2.45 bits per heavy atom. The zero-order valence-corrected chi connectivity index (χ0v) is 7.78. The van der Waals surface area contributed by atoms with Crippen molar-refractivity contribution in [3.63, 3.8) is 0 Å². The molecule has 1 aromatic rings. The fourth-order valence-electron chi connectivity index (χ4n) is 0.382. The van der Waals surface area contributed by atoms with Crippen LogP contribution in [-0.2, 0) is 0 Å². The molecule has 11 heavy (non-hydrogen) atoms. The van der Waals surface area contributed by atoms with Gasteiger partial charge in [0.25, 0.3) is 11.1 Å². The first-order chi connectivity index (χ1) is 5.20. The van der Waals surface area contributed by atoms with Gasteiger partial charge in [-0.15, -0.1) is 4.37 Å². The van der Waals surface area contributed by atoms with Gasteiger partial charge in [-0.3, -0.25) is 0 Å². The van der Waals surface area contributed by atoms with E-state index >= 15 is 0 Å². The summed E-state index contributed by atoms with van der Waals surface area (Å²) in [6.07, 6.45) is 1.53. The monoisotopic (exact) mass is 189 g/mol. The second-order valence-corrected chi connectivity index (χ2v) is 2.91. The zero-order chi connectivity index (χ0) is 8.27. The van der Waals surface area contributed by atoms with Gasteiger partial charge in [-0.2, -0.15) is 4.37 Å². The van der Waals surface area contributed by atoms with Gasteiger partial charge in [-0.25, -0.2) is 0 Å². The summed E-state index contributed by atoms with van der Waals surface area (Å²) in [5, 5.41) is 0.387. The minimum atomic E-state index is 0.387. The molecule has 0 saturated carbocycles. The first-order valence-corrected chi connectivity index (χ1v) is 4.00. The van der Waals surface area contributed by atoms with Crippen LogP contribution in [0.15, 0.2) is 6.20 Å². The lowest BCUT2D eigenvalue weighted by atomic mass is 10.8. The molecule has 1 heterocycles. The Hall–Kier alpha value is -0.750. The molecule has 0 atom stereocenters. The van der Waals surface area contributed by atoms with Crippen molar-refractivity contribution in [3.8, 4) is 5.88 Å². The zero-order valence-electron chi connectivity index (χ0n) is 6.14. The van der Waals surface area contributed by atoms with Gasteiger partial charge in [0.05, 0.1) is 11.7 Å². The Morgan fingerprint density at radius 3 is 2.91 bits per heavy atom. The molecule has 0 aliphatic carbocycles. The topological polar surface area (TPSA) is 38.2 Å². The van der Waals surface area contributed by atoms with Gasteiger partial charge in [-0.1, -0.05) is 0 Å². The van der Waals surface area contributed by atoms with Gasteiger partial charge in [0.2, 0.25) is 0 Å². The van der Waals surface area contributed by atoms with Crippen molar-refractivity contribution in [2.45, 2.75) is 0 Å². The highest BCUT2D eigenvalue weighted by molar-refractivity contribution is 7.80. The number of rotatable bonds is 1. The Labute approximate surface area is 74.1 Å². The second-order valence-electron chi connectivity index (χ2n) is 2.01. The number of nitrogens with zero attached hydrogens (tertiary/aromatic N) is 3. The molecule has 0 bridgehead atoms. The van der Waals surface area contributed by atoms with Crippen molar-refractivity contribution in [2.75, 3.05) is 14.1 Å². The molecule has 0 spiro atoms. The van der Waals surface area contributed by atoms with Crippen LogP contribution in [0.4, 0.5) is 0 Å². The summed E-state index contributed by atoms with van der Waals surface area (Å²) < 4.78 is 12.7. The molecule has 0 unspecified atom stereocenters. The normalized spacial score (nSPS) is 9.27. The van der Waals surface area contributed by atoms with Crippen LogP contribution in [0.25, 0.3) is 0 Å². The third kappa shape index (κ3) is 2.39. The molecule has 1 aromatic heterocycles. The average molecular weight is 189 g/mol. The second kappa shape index (κ2) is 3.59. The van der Waals surface area contributed by atoms with Crippen LogP contribution < -0.4 is 4.74 Å². The molecule has 60 valence electrons. The van der Waals surface area contributed by atoms with E-state index in [4.69, 9.17) is 17.0 Å². The summed E-state index contributed by atoms with van der Waals surface area (Å²) in [6, 6.07) is 0. The van der Waals surface area contributed by atoms with Crippen molar-refractivity contribution in [1.82, 2.24) is 13.6 Å². The maximum atomic E-state index is 5.11. The minimum absolute atomic E-state index is 0.387. The van der Waals surface area contributed by atoms with E-state index in [2.05, 4.69) is 8.75 Å². The number of hydrogen-bond donors (Lipinski definition) is 0. The summed E-state index contributed by atoms with van der Waals surface area (Å²) in [4.78, 5) is 1.69. The third-order valence-electron chi connectivity index (χ3n) is 0.898. The standard InChI is InChI=1S/C5H7N3OS2/c1-8(2)5(10)9-4-3-6-11-7-4/h3H,1-2H3. The summed E-state index contributed by atoms with van der Waals surface area (Å²) >= 11 is 5.96. The Morgan fingerprint density at radius 1 is 1.73 bits per heavy atom. The molecule has 0 aliphatic heterocycles. The molecule has 0 fully saturated rings. The number of thiocarbonyl (C=S) groups is 1. The first-order valence-electron chi connectivity index (χ1n) is 2.87. The average Bonchev–Trinajstić information content (AvgIpc) is 2.39. The van der Waals surface area contributed by atoms with Crippen molar-refractivity contribution in [2.24, 2.45) is 0 Å². The van der Waals surface area contributed by atoms with E-state index in [9.17, 15) is 0 Å². The maximum Gasteiger partial charge on any atom is 0.265 e. The highest BCUT2D eigenvalue weighted by Crippen LogP contribution is 2.05. The Balaban J connectivity index is 2.50. The Kier molecular flexibility index (Phi) is 2.72. The quantitative estimate of drug-likeness (QED) is 0.610. The number of ether oxygens (including phenoxy) is 1. The lowest BCUT2D eigenvalue weighted by Crippen LogP contribution is -2.25. The van der Waals surface area contributed by atoms with Gasteiger partial charge in [-0.05, 0) is 12.2 Å². The van der Waals surface area contributed by atoms with Crippen molar-refractivity contribution < 1.29 is 4.74 Å². The van der Waals surface area contributed by atoms with Gasteiger partial charge in [0, 0.05) is 14.1 Å². The summed E-state index contributed by atoms with van der Waals surface area (Å²) in [7, 11) is 3.62. The van der Waals surface area contributed by atoms with Crippen molar-refractivity contribution in [1.29, 1.82) is 0 Å². The van der Waals surface area contributed by atoms with Crippen molar-refractivity contribution >= 4 is 29.1 Å². The fourth-order valence-corrected chi connectivity index (χ4v) is 0.816. The van der Waals surface area contributed by atoms with Gasteiger partial charge in [0.1, 0.15) is 6.20 Å². The largest absolute Gasteiger partial charge is 0.410 e. The highest BCUT2D eigenvalue weighted by Gasteiger charge is 2.03. The number of aromatic nitrogens is 2. The molecule has 1 rings (SSSR count). The SMILES string of the molecule is CN(C)C(=S)Oc1cnsn1. The molecule has 6 heteroatoms. The Bertz CT molecular complexity index is 234. The minimum Gasteiger partial charge on any atom is -0.410 e. The summed E-state index contributed by atoms with van der Waals surface area (Å²) in [5.41, 5.74) is 0. The number of hydrogen-bond acceptors (Lipinski definition) is 5. The van der Waals surface area contributed by atoms with Crippen LogP contribution in [0, 0.1) is 0 Å². The molecule has 0 amide bonds. The van der Waals surface area contributed by atoms with Gasteiger partial charge < -0.3 is 9.64 Å². The van der Waals surface area contributed by atoms with E-state index in [0.717, 1.165) is 11.7 Å². The van der Waals surface area contributed by atoms with E-state index in [-0.39, 0.29) is 0 Å². The lowest BCUT2D eigenvalue weighted by molar-refractivity contribution is 0.440. The first kappa shape index (κ1) is 8.35. The van der Waals surface area contributed by atoms with Crippen LogP contribution >= 0.6 is 23.9 Å². The van der Waals surface area contributed by atoms with Crippen LogP contribution in [-0.4, -0.2) is 32.9 Å². The van der Waals surface area contributed by atoms with E-state index in [1.165, 1.54) is 6.20 Å². The van der Waals surface area contributed by atoms with Crippen LogP contribution in [0.3, 0.4) is 0 Å². The van der Waals surface area contributed by atoms with E-state index in [1.807, 2.05) is 14.1 Å². The van der Waals surface area contributed by atoms with E-state index < -0.39 is 0 Å². The van der Waals surface area contributed by atoms with Gasteiger partial charge >= 0.3 is 0 Å². The molecule has 0 aromatic carbocycles. The summed E-state index contributed by atoms with van der Waals surface area (Å²) in [6.45, 7) is 0. The molecular formula is C5H7N3OS2. The van der Waals surface area contributed by atoms with Crippen LogP contribution in [0.1, 0.15) is 0 Å².